The number of nitrogens with zero attached hydrogens (tertiary/aromatic N) is 2. The Morgan fingerprint density at radius 2 is 2.10 bits per heavy atom. The predicted molar refractivity (Wildman–Crippen MR) is 84.5 cm³/mol. The van der Waals surface area contributed by atoms with Crippen LogP contribution in [0.3, 0.4) is 0 Å². The van der Waals surface area contributed by atoms with E-state index in [-0.39, 0.29) is 10.2 Å². The molecule has 0 aliphatic rings. The van der Waals surface area contributed by atoms with E-state index in [4.69, 9.17) is 16.3 Å². The first kappa shape index (κ1) is 16.1. The molecule has 1 N–H and O–H groups in total. The highest BCUT2D eigenvalue weighted by atomic mass is 79.9. The summed E-state index contributed by atoms with van der Waals surface area (Å²) in [6.07, 6.45) is 1.34. The van der Waals surface area contributed by atoms with E-state index in [9.17, 15) is 8.42 Å². The molecule has 0 radical (unpaired) electrons. The number of ether oxygens (including phenoxy) is 1. The van der Waals surface area contributed by atoms with Gasteiger partial charge in [-0.05, 0) is 24.6 Å². The summed E-state index contributed by atoms with van der Waals surface area (Å²) < 4.78 is 34.7. The molecular weight excluding hydrogens is 382 g/mol. The van der Waals surface area contributed by atoms with Crippen LogP contribution < -0.4 is 9.46 Å². The van der Waals surface area contributed by atoms with Crippen LogP contribution in [0, 0.1) is 6.92 Å². The number of halogens is 2. The summed E-state index contributed by atoms with van der Waals surface area (Å²) >= 11 is 9.27. The third kappa shape index (κ3) is 3.17. The van der Waals surface area contributed by atoms with E-state index >= 15 is 0 Å². The maximum absolute atomic E-state index is 12.4. The molecular formula is C12H13BrClN3O3S. The zero-order valence-electron chi connectivity index (χ0n) is 11.5. The first-order valence-corrected chi connectivity index (χ1v) is 8.45. The van der Waals surface area contributed by atoms with E-state index < -0.39 is 10.0 Å². The number of aromatic nitrogens is 2. The second kappa shape index (κ2) is 5.86. The fourth-order valence-corrected chi connectivity index (χ4v) is 3.89. The molecule has 0 bridgehead atoms. The molecule has 1 aromatic heterocycles. The molecule has 0 fully saturated rings. The highest BCUT2D eigenvalue weighted by Gasteiger charge is 2.24. The quantitative estimate of drug-likeness (QED) is 0.865. The molecule has 9 heteroatoms. The predicted octanol–water partition coefficient (Wildman–Crippen LogP) is 2.95. The smallest absolute Gasteiger partial charge is 0.282 e. The molecule has 0 unspecified atom stereocenters. The molecule has 2 aromatic rings. The number of sulfonamides is 1. The molecule has 0 spiro atoms. The zero-order chi connectivity index (χ0) is 15.8. The lowest BCUT2D eigenvalue weighted by atomic mass is 10.2. The van der Waals surface area contributed by atoms with Gasteiger partial charge in [0, 0.05) is 11.5 Å². The number of methoxy groups -OCH3 is 1. The summed E-state index contributed by atoms with van der Waals surface area (Å²) in [6, 6.07) is 3.45. The minimum atomic E-state index is -3.90. The van der Waals surface area contributed by atoms with Gasteiger partial charge in [-0.15, -0.1) is 0 Å². The molecule has 0 saturated carbocycles. The van der Waals surface area contributed by atoms with Crippen molar-refractivity contribution in [2.75, 3.05) is 11.8 Å². The maximum Gasteiger partial charge on any atom is 0.282 e. The average Bonchev–Trinajstić information content (AvgIpc) is 2.73. The Hall–Kier alpha value is -1.25. The van der Waals surface area contributed by atoms with Crippen LogP contribution in [0.4, 0.5) is 5.69 Å². The fourth-order valence-electron chi connectivity index (χ4n) is 1.76. The van der Waals surface area contributed by atoms with Crippen molar-refractivity contribution in [3.63, 3.8) is 0 Å². The van der Waals surface area contributed by atoms with Gasteiger partial charge in [-0.2, -0.15) is 8.42 Å². The molecule has 21 heavy (non-hydrogen) atoms. The van der Waals surface area contributed by atoms with Crippen LogP contribution in [-0.4, -0.2) is 25.1 Å². The van der Waals surface area contributed by atoms with E-state index in [0.29, 0.717) is 17.0 Å². The van der Waals surface area contributed by atoms with Gasteiger partial charge in [0.2, 0.25) is 5.03 Å². The molecule has 2 rings (SSSR count). The minimum absolute atomic E-state index is 0.0382. The Morgan fingerprint density at radius 3 is 2.62 bits per heavy atom. The number of imidazole rings is 1. The largest absolute Gasteiger partial charge is 0.495 e. The third-order valence-electron chi connectivity index (χ3n) is 2.81. The molecule has 1 aromatic carbocycles. The summed E-state index contributed by atoms with van der Waals surface area (Å²) in [5.74, 6) is 0.400. The number of rotatable bonds is 4. The first-order valence-electron chi connectivity index (χ1n) is 5.80. The van der Waals surface area contributed by atoms with Crippen LogP contribution >= 0.6 is 27.5 Å². The van der Waals surface area contributed by atoms with E-state index in [0.717, 1.165) is 4.47 Å². The van der Waals surface area contributed by atoms with Crippen LogP contribution in [-0.2, 0) is 17.1 Å². The Labute approximate surface area is 136 Å². The van der Waals surface area contributed by atoms with Crippen molar-refractivity contribution in [1.29, 1.82) is 0 Å². The van der Waals surface area contributed by atoms with Gasteiger partial charge in [-0.25, -0.2) is 4.98 Å². The summed E-state index contributed by atoms with van der Waals surface area (Å²) in [7, 11) is -0.824. The van der Waals surface area contributed by atoms with Crippen molar-refractivity contribution < 1.29 is 13.2 Å². The van der Waals surface area contributed by atoms with Gasteiger partial charge in [0.05, 0.1) is 19.1 Å². The number of anilines is 1. The number of aryl methyl sites for hydroxylation is 2. The van der Waals surface area contributed by atoms with Crippen molar-refractivity contribution >= 4 is 43.2 Å². The van der Waals surface area contributed by atoms with Crippen LogP contribution in [0.25, 0.3) is 0 Å². The normalized spacial score (nSPS) is 11.5. The number of hydrogen-bond acceptors (Lipinski definition) is 4. The minimum Gasteiger partial charge on any atom is -0.495 e. The number of nitrogens with one attached hydrogen (secondary N) is 1. The van der Waals surface area contributed by atoms with Crippen molar-refractivity contribution in [1.82, 2.24) is 9.55 Å². The lowest BCUT2D eigenvalue weighted by Gasteiger charge is -2.14. The maximum atomic E-state index is 12.4. The number of benzene rings is 1. The van der Waals surface area contributed by atoms with Gasteiger partial charge < -0.3 is 9.30 Å². The molecule has 114 valence electrons. The molecule has 0 aliphatic carbocycles. The van der Waals surface area contributed by atoms with Gasteiger partial charge >= 0.3 is 0 Å². The summed E-state index contributed by atoms with van der Waals surface area (Å²) in [6.45, 7) is 1.77. The molecule has 1 heterocycles. The highest BCUT2D eigenvalue weighted by molar-refractivity contribution is 9.10. The van der Waals surface area contributed by atoms with Crippen LogP contribution in [0.1, 0.15) is 5.56 Å². The lowest BCUT2D eigenvalue weighted by Crippen LogP contribution is -2.15. The van der Waals surface area contributed by atoms with Crippen molar-refractivity contribution in [3.05, 3.63) is 33.6 Å². The van der Waals surface area contributed by atoms with Crippen molar-refractivity contribution in [3.8, 4) is 5.75 Å². The van der Waals surface area contributed by atoms with Gasteiger partial charge in [0.15, 0.2) is 0 Å². The second-order valence-corrected chi connectivity index (χ2v) is 7.23. The van der Waals surface area contributed by atoms with Crippen LogP contribution in [0.5, 0.6) is 5.75 Å². The first-order chi connectivity index (χ1) is 9.76. The monoisotopic (exact) mass is 393 g/mol. The Bertz CT molecular complexity index is 789. The Balaban J connectivity index is 2.49. The van der Waals surface area contributed by atoms with Gasteiger partial charge in [-0.1, -0.05) is 27.5 Å². The van der Waals surface area contributed by atoms with Crippen LogP contribution in [0.2, 0.25) is 5.15 Å². The van der Waals surface area contributed by atoms with Gasteiger partial charge in [0.25, 0.3) is 10.0 Å². The molecule has 0 aliphatic heterocycles. The summed E-state index contributed by atoms with van der Waals surface area (Å²) in [5.41, 5.74) is 1.05. The van der Waals surface area contributed by atoms with Crippen molar-refractivity contribution in [2.24, 2.45) is 7.05 Å². The SMILES string of the molecule is COc1cc(Br)cc(C)c1NS(=O)(=O)c1ncn(C)c1Cl. The Kier molecular flexibility index (Phi) is 4.50. The topological polar surface area (TPSA) is 73.2 Å². The summed E-state index contributed by atoms with van der Waals surface area (Å²) in [5, 5.41) is -0.188. The van der Waals surface area contributed by atoms with Gasteiger partial charge in [-0.3, -0.25) is 4.72 Å². The van der Waals surface area contributed by atoms with Crippen molar-refractivity contribution in [2.45, 2.75) is 11.9 Å². The summed E-state index contributed by atoms with van der Waals surface area (Å²) in [4.78, 5) is 3.82. The molecule has 0 saturated heterocycles. The van der Waals surface area contributed by atoms with Gasteiger partial charge in [0.1, 0.15) is 10.9 Å². The van der Waals surface area contributed by atoms with E-state index in [1.54, 1.807) is 26.1 Å². The van der Waals surface area contributed by atoms with E-state index in [1.807, 2.05) is 0 Å². The second-order valence-electron chi connectivity index (χ2n) is 4.36. The zero-order valence-corrected chi connectivity index (χ0v) is 14.7. The average molecular weight is 395 g/mol. The number of hydrogen-bond donors (Lipinski definition) is 1. The lowest BCUT2D eigenvalue weighted by molar-refractivity contribution is 0.416. The molecule has 0 atom stereocenters. The fraction of sp³-hybridized carbons (Fsp3) is 0.250. The van der Waals surface area contributed by atoms with E-state index in [1.165, 1.54) is 18.0 Å². The van der Waals surface area contributed by atoms with Crippen LogP contribution in [0.15, 0.2) is 28.0 Å². The molecule has 6 nitrogen and oxygen atoms in total. The third-order valence-corrected chi connectivity index (χ3v) is 5.11. The Morgan fingerprint density at radius 1 is 1.43 bits per heavy atom. The highest BCUT2D eigenvalue weighted by Crippen LogP contribution is 2.34. The molecule has 0 amide bonds. The van der Waals surface area contributed by atoms with E-state index in [2.05, 4.69) is 25.6 Å². The standard InChI is InChI=1S/C12H13BrClN3O3S/c1-7-4-8(13)5-9(20-3)10(7)16-21(18,19)12-11(14)17(2)6-15-12/h4-6,16H,1-3H3.